The van der Waals surface area contributed by atoms with Crippen LogP contribution >= 0.6 is 0 Å². The highest BCUT2D eigenvalue weighted by molar-refractivity contribution is 5.96. The van der Waals surface area contributed by atoms with Gasteiger partial charge in [-0.1, -0.05) is 55.5 Å². The molecule has 0 spiro atoms. The third-order valence-corrected chi connectivity index (χ3v) is 4.25. The molecule has 0 aliphatic carbocycles. The zero-order chi connectivity index (χ0) is 18.4. The van der Waals surface area contributed by atoms with Gasteiger partial charge in [0.05, 0.1) is 6.42 Å². The van der Waals surface area contributed by atoms with Crippen LogP contribution in [0.2, 0.25) is 0 Å². The van der Waals surface area contributed by atoms with Crippen molar-refractivity contribution >= 4 is 17.6 Å². The lowest BCUT2D eigenvalue weighted by Gasteiger charge is -2.17. The van der Waals surface area contributed by atoms with Gasteiger partial charge in [0.15, 0.2) is 6.10 Å². The number of aryl methyl sites for hydroxylation is 2. The smallest absolute Gasteiger partial charge is 0.307 e. The normalized spacial score (nSPS) is 13.0. The zero-order valence-electron chi connectivity index (χ0n) is 15.2. The minimum atomic E-state index is -0.838. The summed E-state index contributed by atoms with van der Waals surface area (Å²) in [4.78, 5) is 24.4. The van der Waals surface area contributed by atoms with E-state index in [9.17, 15) is 9.59 Å². The standard InChI is InChI=1S/C21H25NO3/c1-14-9-8-10-15(2)20(14)22-21(24)17(4)25-19(23)13-16(3)18-11-6-5-7-12-18/h5-12,16-17H,13H2,1-4H3,(H,22,24)/t16-,17-/m0/s1. The van der Waals surface area contributed by atoms with Crippen molar-refractivity contribution in [1.82, 2.24) is 0 Å². The summed E-state index contributed by atoms with van der Waals surface area (Å²) in [5.41, 5.74) is 3.80. The molecule has 132 valence electrons. The first-order valence-electron chi connectivity index (χ1n) is 8.50. The van der Waals surface area contributed by atoms with E-state index in [-0.39, 0.29) is 24.2 Å². The molecule has 4 nitrogen and oxygen atoms in total. The van der Waals surface area contributed by atoms with Gasteiger partial charge in [-0.3, -0.25) is 9.59 Å². The van der Waals surface area contributed by atoms with Crippen molar-refractivity contribution in [3.05, 3.63) is 65.2 Å². The topological polar surface area (TPSA) is 55.4 Å². The van der Waals surface area contributed by atoms with Crippen molar-refractivity contribution in [1.29, 1.82) is 0 Å². The number of anilines is 1. The van der Waals surface area contributed by atoms with Crippen molar-refractivity contribution in [2.24, 2.45) is 0 Å². The Bertz CT molecular complexity index is 720. The number of amides is 1. The second kappa shape index (κ2) is 8.47. The molecule has 0 aliphatic heterocycles. The molecule has 25 heavy (non-hydrogen) atoms. The van der Waals surface area contributed by atoms with Crippen molar-refractivity contribution in [2.75, 3.05) is 5.32 Å². The first-order chi connectivity index (χ1) is 11.9. The van der Waals surface area contributed by atoms with Gasteiger partial charge in [-0.2, -0.15) is 0 Å². The Morgan fingerprint density at radius 3 is 2.16 bits per heavy atom. The van der Waals surface area contributed by atoms with Crippen LogP contribution < -0.4 is 5.32 Å². The van der Waals surface area contributed by atoms with Gasteiger partial charge in [0, 0.05) is 5.69 Å². The lowest BCUT2D eigenvalue weighted by molar-refractivity contribution is -0.153. The number of carbonyl (C=O) groups is 2. The SMILES string of the molecule is Cc1cccc(C)c1NC(=O)[C@H](C)OC(=O)C[C@H](C)c1ccccc1. The maximum Gasteiger partial charge on any atom is 0.307 e. The summed E-state index contributed by atoms with van der Waals surface area (Å²) < 4.78 is 5.31. The summed E-state index contributed by atoms with van der Waals surface area (Å²) in [7, 11) is 0. The van der Waals surface area contributed by atoms with Gasteiger partial charge in [0.25, 0.3) is 5.91 Å². The van der Waals surface area contributed by atoms with E-state index < -0.39 is 6.10 Å². The van der Waals surface area contributed by atoms with E-state index in [2.05, 4.69) is 5.32 Å². The number of esters is 1. The van der Waals surface area contributed by atoms with Gasteiger partial charge in [-0.15, -0.1) is 0 Å². The molecule has 0 bridgehead atoms. The van der Waals surface area contributed by atoms with Crippen LogP contribution in [0.25, 0.3) is 0 Å². The average Bonchev–Trinajstić information content (AvgIpc) is 2.58. The Balaban J connectivity index is 1.91. The Kier molecular flexibility index (Phi) is 6.34. The quantitative estimate of drug-likeness (QED) is 0.795. The first kappa shape index (κ1) is 18.7. The van der Waals surface area contributed by atoms with Crippen LogP contribution in [-0.2, 0) is 14.3 Å². The zero-order valence-corrected chi connectivity index (χ0v) is 15.2. The largest absolute Gasteiger partial charge is 0.453 e. The van der Waals surface area contributed by atoms with Crippen molar-refractivity contribution in [3.8, 4) is 0 Å². The Labute approximate surface area is 149 Å². The van der Waals surface area contributed by atoms with Gasteiger partial charge < -0.3 is 10.1 Å². The van der Waals surface area contributed by atoms with Gasteiger partial charge in [0.1, 0.15) is 0 Å². The number of carbonyl (C=O) groups excluding carboxylic acids is 2. The van der Waals surface area contributed by atoms with Crippen LogP contribution in [0.5, 0.6) is 0 Å². The molecule has 2 aromatic rings. The molecule has 4 heteroatoms. The number of ether oxygens (including phenoxy) is 1. The molecule has 0 heterocycles. The highest BCUT2D eigenvalue weighted by atomic mass is 16.5. The second-order valence-corrected chi connectivity index (χ2v) is 6.40. The Morgan fingerprint density at radius 2 is 1.56 bits per heavy atom. The number of benzene rings is 2. The minimum absolute atomic E-state index is 0.0440. The molecular formula is C21H25NO3. The summed E-state index contributed by atoms with van der Waals surface area (Å²) in [6.07, 6.45) is -0.597. The van der Waals surface area contributed by atoms with Crippen molar-refractivity contribution < 1.29 is 14.3 Å². The van der Waals surface area contributed by atoms with Crippen LogP contribution in [0.15, 0.2) is 48.5 Å². The summed E-state index contributed by atoms with van der Waals surface area (Å²) in [6, 6.07) is 15.6. The van der Waals surface area contributed by atoms with E-state index in [1.807, 2.05) is 69.3 Å². The summed E-state index contributed by atoms with van der Waals surface area (Å²) in [5, 5.41) is 2.85. The van der Waals surface area contributed by atoms with Crippen LogP contribution in [-0.4, -0.2) is 18.0 Å². The minimum Gasteiger partial charge on any atom is -0.453 e. The number of hydrogen-bond acceptors (Lipinski definition) is 3. The Morgan fingerprint density at radius 1 is 0.960 bits per heavy atom. The maximum absolute atomic E-state index is 12.3. The molecule has 0 unspecified atom stereocenters. The monoisotopic (exact) mass is 339 g/mol. The lowest BCUT2D eigenvalue weighted by Crippen LogP contribution is -2.30. The summed E-state index contributed by atoms with van der Waals surface area (Å²) >= 11 is 0. The van der Waals surface area contributed by atoms with Crippen LogP contribution in [0.4, 0.5) is 5.69 Å². The molecule has 1 amide bonds. The van der Waals surface area contributed by atoms with Crippen LogP contribution in [0, 0.1) is 13.8 Å². The fourth-order valence-corrected chi connectivity index (χ4v) is 2.68. The molecule has 2 atom stereocenters. The van der Waals surface area contributed by atoms with Gasteiger partial charge >= 0.3 is 5.97 Å². The lowest BCUT2D eigenvalue weighted by atomic mass is 9.98. The van der Waals surface area contributed by atoms with Crippen LogP contribution in [0.1, 0.15) is 42.9 Å². The number of nitrogens with one attached hydrogen (secondary N) is 1. The first-order valence-corrected chi connectivity index (χ1v) is 8.50. The highest BCUT2D eigenvalue weighted by Crippen LogP contribution is 2.21. The molecule has 1 N–H and O–H groups in total. The third-order valence-electron chi connectivity index (χ3n) is 4.25. The number of rotatable bonds is 6. The fourth-order valence-electron chi connectivity index (χ4n) is 2.68. The summed E-state index contributed by atoms with van der Waals surface area (Å²) in [5.74, 6) is -0.652. The second-order valence-electron chi connectivity index (χ2n) is 6.40. The van der Waals surface area contributed by atoms with E-state index in [4.69, 9.17) is 4.74 Å². The molecule has 0 saturated heterocycles. The Hall–Kier alpha value is -2.62. The predicted molar refractivity (Wildman–Crippen MR) is 99.6 cm³/mol. The van der Waals surface area contributed by atoms with E-state index >= 15 is 0 Å². The molecule has 0 fully saturated rings. The van der Waals surface area contributed by atoms with Crippen molar-refractivity contribution in [3.63, 3.8) is 0 Å². The number of hydrogen-bond donors (Lipinski definition) is 1. The van der Waals surface area contributed by atoms with E-state index in [0.29, 0.717) is 0 Å². The molecule has 0 saturated carbocycles. The molecular weight excluding hydrogens is 314 g/mol. The van der Waals surface area contributed by atoms with Crippen LogP contribution in [0.3, 0.4) is 0 Å². The maximum atomic E-state index is 12.3. The fraction of sp³-hybridized carbons (Fsp3) is 0.333. The predicted octanol–water partition coefficient (Wildman–Crippen LogP) is 4.37. The molecule has 2 aromatic carbocycles. The number of para-hydroxylation sites is 1. The average molecular weight is 339 g/mol. The molecule has 0 aliphatic rings. The summed E-state index contributed by atoms with van der Waals surface area (Å²) in [6.45, 7) is 7.42. The van der Waals surface area contributed by atoms with E-state index in [0.717, 1.165) is 22.4 Å². The van der Waals surface area contributed by atoms with Crippen molar-refractivity contribution in [2.45, 2.75) is 46.1 Å². The van der Waals surface area contributed by atoms with Gasteiger partial charge in [0.2, 0.25) is 0 Å². The third kappa shape index (κ3) is 5.18. The molecule has 2 rings (SSSR count). The molecule has 0 aromatic heterocycles. The van der Waals surface area contributed by atoms with E-state index in [1.165, 1.54) is 0 Å². The van der Waals surface area contributed by atoms with Gasteiger partial charge in [-0.05, 0) is 43.4 Å². The van der Waals surface area contributed by atoms with E-state index in [1.54, 1.807) is 6.92 Å². The highest BCUT2D eigenvalue weighted by Gasteiger charge is 2.20. The molecule has 0 radical (unpaired) electrons. The van der Waals surface area contributed by atoms with Gasteiger partial charge in [-0.25, -0.2) is 0 Å².